The van der Waals surface area contributed by atoms with Crippen LogP contribution in [0.1, 0.15) is 43.9 Å². The molecule has 3 unspecified atom stereocenters. The number of rotatable bonds is 6. The number of aliphatic hydroxyl groups excluding tert-OH is 1. The lowest BCUT2D eigenvalue weighted by molar-refractivity contribution is 0.00166. The zero-order valence-corrected chi connectivity index (χ0v) is 12.9. The van der Waals surface area contributed by atoms with Crippen molar-refractivity contribution in [3.05, 3.63) is 35.4 Å². The Morgan fingerprint density at radius 3 is 2.85 bits per heavy atom. The second-order valence-corrected chi connectivity index (χ2v) is 5.74. The summed E-state index contributed by atoms with van der Waals surface area (Å²) in [4.78, 5) is 2.42. The predicted octanol–water partition coefficient (Wildman–Crippen LogP) is 2.78. The van der Waals surface area contributed by atoms with Gasteiger partial charge in [-0.25, -0.2) is 0 Å². The van der Waals surface area contributed by atoms with Gasteiger partial charge in [-0.3, -0.25) is 4.90 Å². The lowest BCUT2D eigenvalue weighted by Crippen LogP contribution is -2.48. The topological polar surface area (TPSA) is 32.7 Å². The van der Waals surface area contributed by atoms with E-state index < -0.39 is 0 Å². The van der Waals surface area contributed by atoms with E-state index in [4.69, 9.17) is 4.74 Å². The minimum absolute atomic E-state index is 0.204. The molecule has 1 aliphatic rings. The molecule has 0 radical (unpaired) electrons. The van der Waals surface area contributed by atoms with E-state index in [2.05, 4.69) is 36.9 Å². The average Bonchev–Trinajstić information content (AvgIpc) is 2.49. The number of hydrogen-bond donors (Lipinski definition) is 1. The molecule has 0 fully saturated rings. The Morgan fingerprint density at radius 2 is 2.15 bits per heavy atom. The molecule has 1 aromatic rings. The van der Waals surface area contributed by atoms with Gasteiger partial charge in [-0.05, 0) is 37.3 Å². The first-order valence-electron chi connectivity index (χ1n) is 7.69. The second kappa shape index (κ2) is 7.21. The maximum absolute atomic E-state index is 10.8. The van der Waals surface area contributed by atoms with Crippen molar-refractivity contribution in [2.45, 2.75) is 51.3 Å². The zero-order valence-electron chi connectivity index (χ0n) is 12.9. The van der Waals surface area contributed by atoms with E-state index in [1.165, 1.54) is 5.56 Å². The SMILES string of the molecule is CCC(C)N(CCOC)C1CCc2ccccc2C1O. The van der Waals surface area contributed by atoms with Gasteiger partial charge in [0.15, 0.2) is 0 Å². The smallest absolute Gasteiger partial charge is 0.0948 e. The van der Waals surface area contributed by atoms with Gasteiger partial charge in [-0.2, -0.15) is 0 Å². The summed E-state index contributed by atoms with van der Waals surface area (Å²) in [6, 6.07) is 8.95. The third kappa shape index (κ3) is 3.22. The molecule has 0 aromatic heterocycles. The first-order valence-corrected chi connectivity index (χ1v) is 7.69. The zero-order chi connectivity index (χ0) is 14.5. The molecule has 2 rings (SSSR count). The monoisotopic (exact) mass is 277 g/mol. The highest BCUT2D eigenvalue weighted by Gasteiger charge is 2.33. The van der Waals surface area contributed by atoms with E-state index in [9.17, 15) is 5.11 Å². The number of fused-ring (bicyclic) bond motifs is 1. The maximum atomic E-state index is 10.8. The van der Waals surface area contributed by atoms with Crippen molar-refractivity contribution < 1.29 is 9.84 Å². The van der Waals surface area contributed by atoms with Crippen molar-refractivity contribution in [2.24, 2.45) is 0 Å². The summed E-state index contributed by atoms with van der Waals surface area (Å²) < 4.78 is 5.24. The fourth-order valence-electron chi connectivity index (χ4n) is 3.21. The van der Waals surface area contributed by atoms with Gasteiger partial charge in [0.25, 0.3) is 0 Å². The Balaban J connectivity index is 2.18. The summed E-state index contributed by atoms with van der Waals surface area (Å²) in [5, 5.41) is 10.8. The molecule has 1 aliphatic carbocycles. The van der Waals surface area contributed by atoms with Crippen molar-refractivity contribution in [1.82, 2.24) is 4.90 Å². The van der Waals surface area contributed by atoms with Crippen molar-refractivity contribution in [3.63, 3.8) is 0 Å². The van der Waals surface area contributed by atoms with Gasteiger partial charge in [0.1, 0.15) is 0 Å². The number of hydrogen-bond acceptors (Lipinski definition) is 3. The molecule has 1 N–H and O–H groups in total. The molecule has 0 saturated carbocycles. The van der Waals surface area contributed by atoms with Gasteiger partial charge < -0.3 is 9.84 Å². The molecule has 0 spiro atoms. The van der Waals surface area contributed by atoms with Crippen LogP contribution in [0.25, 0.3) is 0 Å². The van der Waals surface area contributed by atoms with E-state index in [0.29, 0.717) is 6.04 Å². The summed E-state index contributed by atoms with van der Waals surface area (Å²) >= 11 is 0. The van der Waals surface area contributed by atoms with Gasteiger partial charge in [0.05, 0.1) is 12.7 Å². The molecule has 112 valence electrons. The number of ether oxygens (including phenoxy) is 1. The Morgan fingerprint density at radius 1 is 1.40 bits per heavy atom. The molecule has 0 amide bonds. The van der Waals surface area contributed by atoms with Crippen LogP contribution in [-0.4, -0.2) is 42.4 Å². The summed E-state index contributed by atoms with van der Waals surface area (Å²) in [7, 11) is 1.74. The number of benzene rings is 1. The van der Waals surface area contributed by atoms with Crippen molar-refractivity contribution >= 4 is 0 Å². The van der Waals surface area contributed by atoms with Crippen LogP contribution in [0.4, 0.5) is 0 Å². The molecule has 0 aliphatic heterocycles. The Hall–Kier alpha value is -0.900. The summed E-state index contributed by atoms with van der Waals surface area (Å²) in [5.41, 5.74) is 2.40. The van der Waals surface area contributed by atoms with E-state index in [-0.39, 0.29) is 12.1 Å². The number of aliphatic hydroxyl groups is 1. The molecule has 3 nitrogen and oxygen atoms in total. The van der Waals surface area contributed by atoms with Crippen molar-refractivity contribution in [2.75, 3.05) is 20.3 Å². The summed E-state index contributed by atoms with van der Waals surface area (Å²) in [5.74, 6) is 0. The normalized spacial score (nSPS) is 23.6. The van der Waals surface area contributed by atoms with E-state index in [1.54, 1.807) is 7.11 Å². The predicted molar refractivity (Wildman–Crippen MR) is 81.8 cm³/mol. The Kier molecular flexibility index (Phi) is 5.58. The molecular formula is C17H27NO2. The quantitative estimate of drug-likeness (QED) is 0.868. The number of nitrogens with zero attached hydrogens (tertiary/aromatic N) is 1. The van der Waals surface area contributed by atoms with Crippen LogP contribution in [0, 0.1) is 0 Å². The fraction of sp³-hybridized carbons (Fsp3) is 0.647. The third-order valence-electron chi connectivity index (χ3n) is 4.58. The highest BCUT2D eigenvalue weighted by molar-refractivity contribution is 5.32. The van der Waals surface area contributed by atoms with Crippen LogP contribution < -0.4 is 0 Å². The highest BCUT2D eigenvalue weighted by atomic mass is 16.5. The van der Waals surface area contributed by atoms with Gasteiger partial charge in [-0.15, -0.1) is 0 Å². The lowest BCUT2D eigenvalue weighted by atomic mass is 9.84. The largest absolute Gasteiger partial charge is 0.387 e. The highest BCUT2D eigenvalue weighted by Crippen LogP contribution is 2.33. The lowest BCUT2D eigenvalue weighted by Gasteiger charge is -2.41. The van der Waals surface area contributed by atoms with Crippen LogP contribution in [0.2, 0.25) is 0 Å². The molecule has 3 atom stereocenters. The van der Waals surface area contributed by atoms with Crippen molar-refractivity contribution in [3.8, 4) is 0 Å². The summed E-state index contributed by atoms with van der Waals surface area (Å²) in [6.07, 6.45) is 2.78. The molecule has 0 saturated heterocycles. The average molecular weight is 277 g/mol. The van der Waals surface area contributed by atoms with Gasteiger partial charge in [0, 0.05) is 25.7 Å². The van der Waals surface area contributed by atoms with Gasteiger partial charge >= 0.3 is 0 Å². The number of methoxy groups -OCH3 is 1. The standard InChI is InChI=1S/C17H27NO2/c1-4-13(2)18(11-12-20-3)16-10-9-14-7-5-6-8-15(14)17(16)19/h5-8,13,16-17,19H,4,9-12H2,1-3H3. The molecule has 0 heterocycles. The van der Waals surface area contributed by atoms with E-state index in [1.807, 2.05) is 6.07 Å². The van der Waals surface area contributed by atoms with Crippen molar-refractivity contribution in [1.29, 1.82) is 0 Å². The summed E-state index contributed by atoms with van der Waals surface area (Å²) in [6.45, 7) is 6.04. The third-order valence-corrected chi connectivity index (χ3v) is 4.58. The first kappa shape index (κ1) is 15.5. The molecule has 0 bridgehead atoms. The second-order valence-electron chi connectivity index (χ2n) is 5.74. The Labute approximate surface area is 122 Å². The maximum Gasteiger partial charge on any atom is 0.0948 e. The van der Waals surface area contributed by atoms with E-state index >= 15 is 0 Å². The molecule has 1 aromatic carbocycles. The number of aryl methyl sites for hydroxylation is 1. The van der Waals surface area contributed by atoms with Gasteiger partial charge in [-0.1, -0.05) is 31.2 Å². The first-order chi connectivity index (χ1) is 9.69. The molecular weight excluding hydrogens is 250 g/mol. The molecule has 3 heteroatoms. The van der Waals surface area contributed by atoms with Crippen LogP contribution in [-0.2, 0) is 11.2 Å². The minimum atomic E-state index is -0.384. The van der Waals surface area contributed by atoms with Crippen LogP contribution >= 0.6 is 0 Å². The van der Waals surface area contributed by atoms with E-state index in [0.717, 1.165) is 38.0 Å². The molecule has 20 heavy (non-hydrogen) atoms. The Bertz CT molecular complexity index is 421. The fourth-order valence-corrected chi connectivity index (χ4v) is 3.21. The van der Waals surface area contributed by atoms with Crippen LogP contribution in [0.15, 0.2) is 24.3 Å². The van der Waals surface area contributed by atoms with Crippen LogP contribution in [0.5, 0.6) is 0 Å². The van der Waals surface area contributed by atoms with Gasteiger partial charge in [0.2, 0.25) is 0 Å². The van der Waals surface area contributed by atoms with Crippen LogP contribution in [0.3, 0.4) is 0 Å². The minimum Gasteiger partial charge on any atom is -0.387 e.